The van der Waals surface area contributed by atoms with E-state index in [1.807, 2.05) is 18.2 Å². The van der Waals surface area contributed by atoms with Crippen molar-refractivity contribution in [3.8, 4) is 0 Å². The van der Waals surface area contributed by atoms with Gasteiger partial charge in [0.25, 0.3) is 0 Å². The van der Waals surface area contributed by atoms with Crippen molar-refractivity contribution in [1.82, 2.24) is 14.5 Å². The number of nitrogens with zero attached hydrogens (tertiary/aromatic N) is 3. The summed E-state index contributed by atoms with van der Waals surface area (Å²) in [6.45, 7) is 2.44. The maximum absolute atomic E-state index is 12.9. The molecule has 4 rings (SSSR count). The van der Waals surface area contributed by atoms with E-state index in [1.165, 1.54) is 17.5 Å². The average molecular weight is 394 g/mol. The minimum atomic E-state index is -4.42. The number of halogens is 4. The fourth-order valence-corrected chi connectivity index (χ4v) is 4.01. The number of aryl methyl sites for hydroxylation is 2. The highest BCUT2D eigenvalue weighted by Crippen LogP contribution is 2.33. The molecule has 142 valence electrons. The van der Waals surface area contributed by atoms with Crippen LogP contribution in [0.4, 0.5) is 13.2 Å². The minimum absolute atomic E-state index is 0.514. The molecule has 1 aliphatic rings. The van der Waals surface area contributed by atoms with Crippen molar-refractivity contribution in [2.75, 3.05) is 13.6 Å². The second kappa shape index (κ2) is 6.84. The van der Waals surface area contributed by atoms with Gasteiger partial charge < -0.3 is 9.47 Å². The lowest BCUT2D eigenvalue weighted by molar-refractivity contribution is -0.141. The van der Waals surface area contributed by atoms with E-state index in [0.717, 1.165) is 36.5 Å². The third kappa shape index (κ3) is 3.56. The van der Waals surface area contributed by atoms with Crippen LogP contribution in [0.25, 0.3) is 10.9 Å². The Hall–Kier alpha value is -2.05. The second-order valence-corrected chi connectivity index (χ2v) is 7.46. The molecule has 0 saturated carbocycles. The molecule has 0 atom stereocenters. The van der Waals surface area contributed by atoms with Crippen LogP contribution in [0.15, 0.2) is 36.5 Å². The standard InChI is InChI=1S/C20H19ClF3N3/c1-26-8-6-18-16(12-26)15-11-14(21)2-3-17(15)27(18)9-5-13-4-7-25-19(10-13)20(22,23)24/h2-4,7,10-11H,5-6,8-9,12H2,1H3. The summed E-state index contributed by atoms with van der Waals surface area (Å²) in [6, 6.07) is 8.65. The Labute approximate surface area is 160 Å². The molecule has 3 heterocycles. The van der Waals surface area contributed by atoms with Gasteiger partial charge >= 0.3 is 6.18 Å². The quantitative estimate of drug-likeness (QED) is 0.628. The maximum Gasteiger partial charge on any atom is 0.433 e. The first-order chi connectivity index (χ1) is 12.8. The molecule has 2 aromatic heterocycles. The van der Waals surface area contributed by atoms with E-state index in [2.05, 4.69) is 21.5 Å². The van der Waals surface area contributed by atoms with Crippen LogP contribution in [0.5, 0.6) is 0 Å². The van der Waals surface area contributed by atoms with Gasteiger partial charge in [0.15, 0.2) is 0 Å². The zero-order valence-electron chi connectivity index (χ0n) is 14.9. The second-order valence-electron chi connectivity index (χ2n) is 7.02. The molecular formula is C20H19ClF3N3. The van der Waals surface area contributed by atoms with Gasteiger partial charge in [0.2, 0.25) is 0 Å². The highest BCUT2D eigenvalue weighted by atomic mass is 35.5. The van der Waals surface area contributed by atoms with Gasteiger partial charge in [0, 0.05) is 53.9 Å². The molecule has 27 heavy (non-hydrogen) atoms. The first-order valence-electron chi connectivity index (χ1n) is 8.83. The minimum Gasteiger partial charge on any atom is -0.344 e. The largest absolute Gasteiger partial charge is 0.433 e. The molecule has 0 saturated heterocycles. The molecule has 0 unspecified atom stereocenters. The van der Waals surface area contributed by atoms with Gasteiger partial charge in [0.05, 0.1) is 0 Å². The highest BCUT2D eigenvalue weighted by Gasteiger charge is 2.32. The van der Waals surface area contributed by atoms with Crippen molar-refractivity contribution >= 4 is 22.5 Å². The highest BCUT2D eigenvalue weighted by molar-refractivity contribution is 6.31. The third-order valence-electron chi connectivity index (χ3n) is 5.15. The molecule has 3 nitrogen and oxygen atoms in total. The van der Waals surface area contributed by atoms with Crippen molar-refractivity contribution in [2.45, 2.75) is 32.1 Å². The Morgan fingerprint density at radius 1 is 1.19 bits per heavy atom. The summed E-state index contributed by atoms with van der Waals surface area (Å²) in [5, 5.41) is 1.83. The molecule has 0 spiro atoms. The normalized spacial score (nSPS) is 15.3. The number of rotatable bonds is 3. The molecule has 3 aromatic rings. The van der Waals surface area contributed by atoms with Gasteiger partial charge in [0.1, 0.15) is 5.69 Å². The zero-order valence-corrected chi connectivity index (χ0v) is 15.6. The Morgan fingerprint density at radius 3 is 2.78 bits per heavy atom. The van der Waals surface area contributed by atoms with Crippen LogP contribution in [-0.2, 0) is 32.1 Å². The summed E-state index contributed by atoms with van der Waals surface area (Å²) in [5.41, 5.74) is 3.41. The fourth-order valence-electron chi connectivity index (χ4n) is 3.84. The lowest BCUT2D eigenvalue weighted by atomic mass is 10.1. The van der Waals surface area contributed by atoms with Crippen LogP contribution in [0, 0.1) is 0 Å². The molecule has 0 fully saturated rings. The lowest BCUT2D eigenvalue weighted by Crippen LogP contribution is -2.27. The molecule has 0 aliphatic carbocycles. The van der Waals surface area contributed by atoms with Gasteiger partial charge in [-0.3, -0.25) is 4.98 Å². The maximum atomic E-state index is 12.9. The number of pyridine rings is 1. The smallest absolute Gasteiger partial charge is 0.344 e. The van der Waals surface area contributed by atoms with E-state index in [0.29, 0.717) is 23.6 Å². The summed E-state index contributed by atoms with van der Waals surface area (Å²) in [7, 11) is 2.09. The van der Waals surface area contributed by atoms with E-state index in [9.17, 15) is 13.2 Å². The van der Waals surface area contributed by atoms with Crippen LogP contribution in [0.1, 0.15) is 22.5 Å². The Bertz CT molecular complexity index is 994. The molecule has 0 amide bonds. The van der Waals surface area contributed by atoms with Crippen molar-refractivity contribution < 1.29 is 13.2 Å². The fraction of sp³-hybridized carbons (Fsp3) is 0.350. The van der Waals surface area contributed by atoms with Crippen LogP contribution >= 0.6 is 11.6 Å². The van der Waals surface area contributed by atoms with Gasteiger partial charge in [-0.2, -0.15) is 13.2 Å². The first kappa shape index (κ1) is 18.3. The first-order valence-corrected chi connectivity index (χ1v) is 9.21. The van der Waals surface area contributed by atoms with E-state index >= 15 is 0 Å². The van der Waals surface area contributed by atoms with E-state index in [1.54, 1.807) is 6.07 Å². The van der Waals surface area contributed by atoms with E-state index in [4.69, 9.17) is 11.6 Å². The monoisotopic (exact) mass is 393 g/mol. The Morgan fingerprint density at radius 2 is 2.00 bits per heavy atom. The van der Waals surface area contributed by atoms with Crippen LogP contribution < -0.4 is 0 Å². The summed E-state index contributed by atoms with van der Waals surface area (Å²) in [4.78, 5) is 5.71. The Kier molecular flexibility index (Phi) is 4.64. The van der Waals surface area contributed by atoms with Crippen molar-refractivity contribution in [1.29, 1.82) is 0 Å². The predicted molar refractivity (Wildman–Crippen MR) is 99.9 cm³/mol. The number of fused-ring (bicyclic) bond motifs is 3. The molecular weight excluding hydrogens is 375 g/mol. The van der Waals surface area contributed by atoms with Crippen LogP contribution in [0.2, 0.25) is 5.02 Å². The van der Waals surface area contributed by atoms with Gasteiger partial charge in [-0.05, 0) is 54.9 Å². The van der Waals surface area contributed by atoms with Gasteiger partial charge in [-0.1, -0.05) is 11.6 Å². The SMILES string of the molecule is CN1CCc2c(c3cc(Cl)ccc3n2CCc2ccnc(C(F)(F)F)c2)C1. The number of hydrogen-bond donors (Lipinski definition) is 0. The average Bonchev–Trinajstić information content (AvgIpc) is 2.92. The zero-order chi connectivity index (χ0) is 19.2. The number of aromatic nitrogens is 2. The number of hydrogen-bond acceptors (Lipinski definition) is 2. The summed E-state index contributed by atoms with van der Waals surface area (Å²) in [5.74, 6) is 0. The summed E-state index contributed by atoms with van der Waals surface area (Å²) >= 11 is 6.20. The van der Waals surface area contributed by atoms with Crippen molar-refractivity contribution in [2.24, 2.45) is 0 Å². The molecule has 7 heteroatoms. The molecule has 1 aromatic carbocycles. The topological polar surface area (TPSA) is 21.1 Å². The number of benzene rings is 1. The third-order valence-corrected chi connectivity index (χ3v) is 5.38. The summed E-state index contributed by atoms with van der Waals surface area (Å²) < 4.78 is 41.0. The van der Waals surface area contributed by atoms with E-state index < -0.39 is 11.9 Å². The summed E-state index contributed by atoms with van der Waals surface area (Å²) in [6.07, 6.45) is -1.75. The van der Waals surface area contributed by atoms with E-state index in [-0.39, 0.29) is 0 Å². The van der Waals surface area contributed by atoms with Gasteiger partial charge in [-0.25, -0.2) is 0 Å². The van der Waals surface area contributed by atoms with Gasteiger partial charge in [-0.15, -0.1) is 0 Å². The number of likely N-dealkylation sites (N-methyl/N-ethyl adjacent to an activating group) is 1. The molecule has 0 bridgehead atoms. The molecule has 0 N–H and O–H groups in total. The van der Waals surface area contributed by atoms with Crippen molar-refractivity contribution in [3.63, 3.8) is 0 Å². The lowest BCUT2D eigenvalue weighted by Gasteiger charge is -2.24. The molecule has 1 aliphatic heterocycles. The Balaban J connectivity index is 1.69. The van der Waals surface area contributed by atoms with Crippen molar-refractivity contribution in [3.05, 3.63) is 64.1 Å². The predicted octanol–water partition coefficient (Wildman–Crippen LogP) is 4.94. The van der Waals surface area contributed by atoms with Crippen LogP contribution in [-0.4, -0.2) is 28.0 Å². The molecule has 0 radical (unpaired) electrons. The number of alkyl halides is 3. The van der Waals surface area contributed by atoms with Crippen LogP contribution in [0.3, 0.4) is 0 Å².